The van der Waals surface area contributed by atoms with E-state index >= 15 is 0 Å². The minimum Gasteiger partial charge on any atom is -0.465 e. The second-order valence-corrected chi connectivity index (χ2v) is 5.98. The van der Waals surface area contributed by atoms with Crippen molar-refractivity contribution >= 4 is 10.0 Å². The van der Waals surface area contributed by atoms with E-state index < -0.39 is 10.0 Å². The monoisotopic (exact) mass is 288 g/mol. The van der Waals surface area contributed by atoms with E-state index in [1.807, 2.05) is 0 Å². The fraction of sp³-hybridized carbons (Fsp3) is 0.500. The Kier molecular flexibility index (Phi) is 5.30. The minimum atomic E-state index is -3.75. The van der Waals surface area contributed by atoms with Crippen LogP contribution in [-0.2, 0) is 16.6 Å². The van der Waals surface area contributed by atoms with Crippen LogP contribution in [0.3, 0.4) is 0 Å². The molecule has 0 radical (unpaired) electrons. The maximum absolute atomic E-state index is 12.6. The number of aliphatic hydroxyl groups is 1. The minimum absolute atomic E-state index is 0.00202. The van der Waals surface area contributed by atoms with Crippen molar-refractivity contribution in [1.29, 1.82) is 0 Å². The smallest absolute Gasteiger partial charge is 0.247 e. The van der Waals surface area contributed by atoms with Crippen LogP contribution in [0.4, 0.5) is 0 Å². The number of hydrogen-bond acceptors (Lipinski definition) is 5. The van der Waals surface area contributed by atoms with Crippen molar-refractivity contribution in [3.05, 3.63) is 29.7 Å². The molecule has 0 atom stereocenters. The maximum Gasteiger partial charge on any atom is 0.247 e. The van der Waals surface area contributed by atoms with Gasteiger partial charge in [0.25, 0.3) is 0 Å². The molecule has 1 aromatic rings. The topological polar surface area (TPSA) is 96.8 Å². The van der Waals surface area contributed by atoms with Gasteiger partial charge in [-0.05, 0) is 13.8 Å². The van der Waals surface area contributed by atoms with Crippen molar-refractivity contribution in [3.8, 4) is 0 Å². The molecular formula is C12H20N2O4S. The second kappa shape index (κ2) is 6.33. The Morgan fingerprint density at radius 2 is 2.05 bits per heavy atom. The lowest BCUT2D eigenvalue weighted by Crippen LogP contribution is -2.34. The summed E-state index contributed by atoms with van der Waals surface area (Å²) in [5.74, 6) is 0.811. The van der Waals surface area contributed by atoms with Crippen LogP contribution >= 0.6 is 0 Å². The van der Waals surface area contributed by atoms with E-state index in [0.29, 0.717) is 17.1 Å². The molecule has 108 valence electrons. The molecule has 0 amide bonds. The standard InChI is InChI=1S/C12H20N2O4S/c1-4-5-14(6-7-15)19(16,17)12-10(3)18-9(2)11(12)8-13/h4,15H,1,5-8,13H2,2-3H3. The van der Waals surface area contributed by atoms with E-state index in [1.165, 1.54) is 6.08 Å². The van der Waals surface area contributed by atoms with Gasteiger partial charge in [0.1, 0.15) is 16.4 Å². The Labute approximate surface area is 113 Å². The van der Waals surface area contributed by atoms with Crippen LogP contribution in [-0.4, -0.2) is 37.5 Å². The van der Waals surface area contributed by atoms with Gasteiger partial charge in [0.05, 0.1) is 6.61 Å². The average Bonchev–Trinajstić information content (AvgIpc) is 2.63. The Bertz CT molecular complexity index is 548. The van der Waals surface area contributed by atoms with Crippen LogP contribution in [0.15, 0.2) is 22.0 Å². The molecule has 0 unspecified atom stereocenters. The van der Waals surface area contributed by atoms with Gasteiger partial charge >= 0.3 is 0 Å². The third-order valence-electron chi connectivity index (χ3n) is 2.81. The van der Waals surface area contributed by atoms with E-state index in [0.717, 1.165) is 4.31 Å². The van der Waals surface area contributed by atoms with Gasteiger partial charge in [0, 0.05) is 25.2 Å². The highest BCUT2D eigenvalue weighted by atomic mass is 32.2. The zero-order valence-corrected chi connectivity index (χ0v) is 12.0. The predicted octanol–water partition coefficient (Wildman–Crippen LogP) is 0.524. The van der Waals surface area contributed by atoms with E-state index in [1.54, 1.807) is 13.8 Å². The number of rotatable bonds is 7. The van der Waals surface area contributed by atoms with Crippen molar-refractivity contribution in [2.45, 2.75) is 25.3 Å². The van der Waals surface area contributed by atoms with Crippen molar-refractivity contribution in [2.24, 2.45) is 5.73 Å². The molecule has 0 saturated heterocycles. The Hall–Kier alpha value is -1.15. The van der Waals surface area contributed by atoms with Gasteiger partial charge in [0.2, 0.25) is 10.0 Å². The van der Waals surface area contributed by atoms with Crippen molar-refractivity contribution in [1.82, 2.24) is 4.31 Å². The molecule has 1 heterocycles. The first-order chi connectivity index (χ1) is 8.89. The first-order valence-corrected chi connectivity index (χ1v) is 7.35. The quantitative estimate of drug-likeness (QED) is 0.713. The van der Waals surface area contributed by atoms with Gasteiger partial charge in [0.15, 0.2) is 0 Å². The van der Waals surface area contributed by atoms with Crippen LogP contribution < -0.4 is 5.73 Å². The number of furan rings is 1. The zero-order chi connectivity index (χ0) is 14.6. The lowest BCUT2D eigenvalue weighted by molar-refractivity contribution is 0.260. The van der Waals surface area contributed by atoms with Gasteiger partial charge in [-0.2, -0.15) is 4.31 Å². The van der Waals surface area contributed by atoms with Crippen LogP contribution in [0.25, 0.3) is 0 Å². The van der Waals surface area contributed by atoms with Crippen molar-refractivity contribution in [2.75, 3.05) is 19.7 Å². The molecule has 0 aromatic carbocycles. The van der Waals surface area contributed by atoms with Gasteiger partial charge in [-0.25, -0.2) is 8.42 Å². The molecule has 19 heavy (non-hydrogen) atoms. The largest absolute Gasteiger partial charge is 0.465 e. The highest BCUT2D eigenvalue weighted by Crippen LogP contribution is 2.28. The molecule has 1 rings (SSSR count). The number of aryl methyl sites for hydroxylation is 2. The predicted molar refractivity (Wildman–Crippen MR) is 72.1 cm³/mol. The Morgan fingerprint density at radius 1 is 1.42 bits per heavy atom. The number of sulfonamides is 1. The first-order valence-electron chi connectivity index (χ1n) is 5.91. The first kappa shape index (κ1) is 15.9. The third kappa shape index (κ3) is 3.06. The van der Waals surface area contributed by atoms with Crippen LogP contribution in [0.2, 0.25) is 0 Å². The fourth-order valence-corrected chi connectivity index (χ4v) is 3.80. The van der Waals surface area contributed by atoms with Crippen LogP contribution in [0, 0.1) is 13.8 Å². The summed E-state index contributed by atoms with van der Waals surface area (Å²) in [6.45, 7) is 6.73. The Balaban J connectivity index is 3.36. The number of nitrogens with zero attached hydrogens (tertiary/aromatic N) is 1. The highest BCUT2D eigenvalue weighted by molar-refractivity contribution is 7.89. The normalized spacial score (nSPS) is 12.1. The Morgan fingerprint density at radius 3 is 2.53 bits per heavy atom. The van der Waals surface area contributed by atoms with E-state index in [-0.39, 0.29) is 31.1 Å². The summed E-state index contributed by atoms with van der Waals surface area (Å²) in [6, 6.07) is 0. The molecule has 0 aliphatic heterocycles. The van der Waals surface area contributed by atoms with Crippen molar-refractivity contribution in [3.63, 3.8) is 0 Å². The van der Waals surface area contributed by atoms with Crippen molar-refractivity contribution < 1.29 is 17.9 Å². The van der Waals surface area contributed by atoms with Gasteiger partial charge < -0.3 is 15.3 Å². The molecule has 7 heteroatoms. The molecule has 0 saturated carbocycles. The van der Waals surface area contributed by atoms with Gasteiger partial charge in [-0.3, -0.25) is 0 Å². The van der Waals surface area contributed by atoms with Gasteiger partial charge in [-0.1, -0.05) is 6.08 Å². The summed E-state index contributed by atoms with van der Waals surface area (Å²) in [5, 5.41) is 8.99. The van der Waals surface area contributed by atoms with E-state index in [2.05, 4.69) is 6.58 Å². The fourth-order valence-electron chi connectivity index (χ4n) is 1.98. The molecular weight excluding hydrogens is 268 g/mol. The summed E-state index contributed by atoms with van der Waals surface area (Å²) in [6.07, 6.45) is 1.47. The van der Waals surface area contributed by atoms with Crippen LogP contribution in [0.1, 0.15) is 17.1 Å². The molecule has 0 aliphatic rings. The SMILES string of the molecule is C=CCN(CCO)S(=O)(=O)c1c(C)oc(C)c1CN. The summed E-state index contributed by atoms with van der Waals surface area (Å²) >= 11 is 0. The molecule has 0 aliphatic carbocycles. The summed E-state index contributed by atoms with van der Waals surface area (Å²) in [4.78, 5) is 0.0998. The summed E-state index contributed by atoms with van der Waals surface area (Å²) < 4.78 is 31.7. The number of hydrogen-bond donors (Lipinski definition) is 2. The highest BCUT2D eigenvalue weighted by Gasteiger charge is 2.31. The lowest BCUT2D eigenvalue weighted by atomic mass is 10.2. The summed E-state index contributed by atoms with van der Waals surface area (Å²) in [7, 11) is -3.75. The van der Waals surface area contributed by atoms with E-state index in [9.17, 15) is 8.42 Å². The third-order valence-corrected chi connectivity index (χ3v) is 4.87. The van der Waals surface area contributed by atoms with Crippen LogP contribution in [0.5, 0.6) is 0 Å². The molecule has 6 nitrogen and oxygen atoms in total. The molecule has 3 N–H and O–H groups in total. The maximum atomic E-state index is 12.6. The molecule has 0 bridgehead atoms. The van der Waals surface area contributed by atoms with Gasteiger partial charge in [-0.15, -0.1) is 6.58 Å². The lowest BCUT2D eigenvalue weighted by Gasteiger charge is -2.20. The number of aliphatic hydroxyl groups excluding tert-OH is 1. The average molecular weight is 288 g/mol. The second-order valence-electron chi connectivity index (χ2n) is 4.10. The molecule has 1 aromatic heterocycles. The summed E-state index contributed by atoms with van der Waals surface area (Å²) in [5.41, 5.74) is 6.07. The zero-order valence-electron chi connectivity index (χ0n) is 11.2. The number of nitrogens with two attached hydrogens (primary N) is 1. The molecule has 0 fully saturated rings. The van der Waals surface area contributed by atoms with E-state index in [4.69, 9.17) is 15.3 Å². The molecule has 0 spiro atoms.